The number of ether oxygens (including phenoxy) is 1. The number of esters is 1. The Kier molecular flexibility index (Phi) is 3.63. The quantitative estimate of drug-likeness (QED) is 0.790. The third kappa shape index (κ3) is 2.37. The van der Waals surface area contributed by atoms with Gasteiger partial charge < -0.3 is 4.74 Å². The highest BCUT2D eigenvalue weighted by molar-refractivity contribution is 7.17. The van der Waals surface area contributed by atoms with Crippen molar-refractivity contribution >= 4 is 28.9 Å². The molecule has 0 fully saturated rings. The number of rotatable bonds is 2. The summed E-state index contributed by atoms with van der Waals surface area (Å²) in [5, 5.41) is 0.660. The molecule has 0 aliphatic carbocycles. The van der Waals surface area contributed by atoms with Crippen LogP contribution in [0.2, 0.25) is 5.15 Å². The van der Waals surface area contributed by atoms with E-state index >= 15 is 0 Å². The third-order valence-corrected chi connectivity index (χ3v) is 3.83. The van der Waals surface area contributed by atoms with Crippen LogP contribution in [0.1, 0.15) is 15.2 Å². The van der Waals surface area contributed by atoms with Crippen molar-refractivity contribution in [3.63, 3.8) is 0 Å². The number of aryl methyl sites for hydroxylation is 1. The molecule has 18 heavy (non-hydrogen) atoms. The van der Waals surface area contributed by atoms with Crippen LogP contribution in [0.5, 0.6) is 0 Å². The molecule has 2 rings (SSSR count). The molecule has 6 heteroatoms. The van der Waals surface area contributed by atoms with Crippen LogP contribution in [0.15, 0.2) is 18.2 Å². The summed E-state index contributed by atoms with van der Waals surface area (Å²) in [5.74, 6) is -0.808. The lowest BCUT2D eigenvalue weighted by Crippen LogP contribution is -1.98. The zero-order valence-corrected chi connectivity index (χ0v) is 11.2. The zero-order valence-electron chi connectivity index (χ0n) is 9.66. The minimum Gasteiger partial charge on any atom is -0.465 e. The molecule has 0 amide bonds. The minimum absolute atomic E-state index is 0.101. The molecule has 0 atom stereocenters. The van der Waals surface area contributed by atoms with Gasteiger partial charge in [0.05, 0.1) is 7.11 Å². The number of methoxy groups -OCH3 is 1. The molecule has 0 radical (unpaired) electrons. The summed E-state index contributed by atoms with van der Waals surface area (Å²) >= 11 is 6.98. The number of carbonyl (C=O) groups is 1. The maximum atomic E-state index is 13.2. The number of aromatic nitrogens is 1. The second kappa shape index (κ2) is 5.04. The molecule has 3 nitrogen and oxygen atoms in total. The molecule has 94 valence electrons. The number of benzene rings is 1. The van der Waals surface area contributed by atoms with E-state index in [-0.39, 0.29) is 15.8 Å². The molecule has 0 saturated heterocycles. The summed E-state index contributed by atoms with van der Waals surface area (Å²) < 4.78 is 17.8. The molecule has 1 aromatic carbocycles. The van der Waals surface area contributed by atoms with Crippen LogP contribution in [-0.2, 0) is 4.74 Å². The number of hydrogen-bond acceptors (Lipinski definition) is 4. The molecular weight excluding hydrogens is 277 g/mol. The van der Waals surface area contributed by atoms with Gasteiger partial charge in [-0.1, -0.05) is 11.6 Å². The highest BCUT2D eigenvalue weighted by Crippen LogP contribution is 2.32. The van der Waals surface area contributed by atoms with Gasteiger partial charge in [0, 0.05) is 5.56 Å². The Morgan fingerprint density at radius 3 is 2.83 bits per heavy atom. The van der Waals surface area contributed by atoms with E-state index in [9.17, 15) is 9.18 Å². The van der Waals surface area contributed by atoms with E-state index in [2.05, 4.69) is 9.72 Å². The number of thiazole rings is 1. The molecule has 0 spiro atoms. The Morgan fingerprint density at radius 1 is 1.50 bits per heavy atom. The molecule has 0 saturated carbocycles. The first-order chi connectivity index (χ1) is 8.52. The predicted octanol–water partition coefficient (Wildman–Crippen LogP) is 3.70. The van der Waals surface area contributed by atoms with Gasteiger partial charge in [0.2, 0.25) is 0 Å². The van der Waals surface area contributed by atoms with E-state index in [4.69, 9.17) is 11.6 Å². The molecule has 2 aromatic rings. The standard InChI is InChI=1S/C12H9ClFNO2S/c1-6-5-7(3-4-8(6)14)11-15-10(13)9(18-11)12(16)17-2/h3-5H,1-2H3. The predicted molar refractivity (Wildman–Crippen MR) is 68.6 cm³/mol. The topological polar surface area (TPSA) is 39.2 Å². The molecule has 0 bridgehead atoms. The summed E-state index contributed by atoms with van der Waals surface area (Å²) in [4.78, 5) is 15.7. The Labute approximate surface area is 112 Å². The summed E-state index contributed by atoms with van der Waals surface area (Å²) in [6, 6.07) is 4.61. The van der Waals surface area contributed by atoms with Gasteiger partial charge in [0.1, 0.15) is 10.8 Å². The van der Waals surface area contributed by atoms with E-state index in [1.165, 1.54) is 13.2 Å². The van der Waals surface area contributed by atoms with Crippen LogP contribution < -0.4 is 0 Å². The van der Waals surface area contributed by atoms with E-state index < -0.39 is 5.97 Å². The fourth-order valence-electron chi connectivity index (χ4n) is 1.42. The number of nitrogens with zero attached hydrogens (tertiary/aromatic N) is 1. The fraction of sp³-hybridized carbons (Fsp3) is 0.167. The second-order valence-corrected chi connectivity index (χ2v) is 4.95. The second-order valence-electron chi connectivity index (χ2n) is 3.59. The highest BCUT2D eigenvalue weighted by atomic mass is 35.5. The maximum Gasteiger partial charge on any atom is 0.351 e. The Bertz CT molecular complexity index is 612. The monoisotopic (exact) mass is 285 g/mol. The van der Waals surface area contributed by atoms with Crippen molar-refractivity contribution in [3.8, 4) is 10.6 Å². The van der Waals surface area contributed by atoms with Gasteiger partial charge in [-0.15, -0.1) is 11.3 Å². The third-order valence-electron chi connectivity index (χ3n) is 2.36. The molecule has 1 aromatic heterocycles. The van der Waals surface area contributed by atoms with Crippen molar-refractivity contribution in [2.45, 2.75) is 6.92 Å². The highest BCUT2D eigenvalue weighted by Gasteiger charge is 2.18. The first-order valence-electron chi connectivity index (χ1n) is 5.04. The number of carbonyl (C=O) groups excluding carboxylic acids is 1. The number of hydrogen-bond donors (Lipinski definition) is 0. The van der Waals surface area contributed by atoms with Gasteiger partial charge in [0.25, 0.3) is 0 Å². The summed E-state index contributed by atoms with van der Waals surface area (Å²) in [5.41, 5.74) is 1.23. The number of halogens is 2. The average molecular weight is 286 g/mol. The van der Waals surface area contributed by atoms with E-state index in [0.29, 0.717) is 10.6 Å². The van der Waals surface area contributed by atoms with Crippen molar-refractivity contribution in [1.82, 2.24) is 4.98 Å². The smallest absolute Gasteiger partial charge is 0.351 e. The minimum atomic E-state index is -0.525. The van der Waals surface area contributed by atoms with Crippen molar-refractivity contribution in [2.24, 2.45) is 0 Å². The fourth-order valence-corrected chi connectivity index (χ4v) is 2.62. The van der Waals surface area contributed by atoms with Crippen molar-refractivity contribution in [3.05, 3.63) is 39.6 Å². The lowest BCUT2D eigenvalue weighted by atomic mass is 10.1. The summed E-state index contributed by atoms with van der Waals surface area (Å²) in [6.45, 7) is 1.66. The van der Waals surface area contributed by atoms with Gasteiger partial charge in [-0.05, 0) is 30.7 Å². The molecule has 0 unspecified atom stereocenters. The van der Waals surface area contributed by atoms with Gasteiger partial charge in [0.15, 0.2) is 10.0 Å². The van der Waals surface area contributed by atoms with E-state index in [0.717, 1.165) is 16.9 Å². The first-order valence-corrected chi connectivity index (χ1v) is 6.23. The van der Waals surface area contributed by atoms with Crippen LogP contribution in [0.4, 0.5) is 4.39 Å². The van der Waals surface area contributed by atoms with Gasteiger partial charge in [-0.3, -0.25) is 0 Å². The lowest BCUT2D eigenvalue weighted by molar-refractivity contribution is 0.0606. The van der Waals surface area contributed by atoms with Crippen molar-refractivity contribution < 1.29 is 13.9 Å². The van der Waals surface area contributed by atoms with Gasteiger partial charge >= 0.3 is 5.97 Å². The maximum absolute atomic E-state index is 13.2. The Morgan fingerprint density at radius 2 is 2.22 bits per heavy atom. The van der Waals surface area contributed by atoms with E-state index in [1.54, 1.807) is 19.1 Å². The summed E-state index contributed by atoms with van der Waals surface area (Å²) in [6.07, 6.45) is 0. The van der Waals surface area contributed by atoms with Crippen LogP contribution >= 0.6 is 22.9 Å². The van der Waals surface area contributed by atoms with Crippen LogP contribution in [-0.4, -0.2) is 18.1 Å². The van der Waals surface area contributed by atoms with Crippen LogP contribution in [0.3, 0.4) is 0 Å². The van der Waals surface area contributed by atoms with Crippen molar-refractivity contribution in [1.29, 1.82) is 0 Å². The van der Waals surface area contributed by atoms with Crippen molar-refractivity contribution in [2.75, 3.05) is 7.11 Å². The van der Waals surface area contributed by atoms with Gasteiger partial charge in [-0.2, -0.15) is 0 Å². The Balaban J connectivity index is 2.45. The first kappa shape index (κ1) is 13.0. The molecule has 1 heterocycles. The normalized spacial score (nSPS) is 10.4. The molecular formula is C12H9ClFNO2S. The van der Waals surface area contributed by atoms with Gasteiger partial charge in [-0.25, -0.2) is 14.2 Å². The molecule has 0 aliphatic heterocycles. The largest absolute Gasteiger partial charge is 0.465 e. The molecule has 0 N–H and O–H groups in total. The van der Waals surface area contributed by atoms with Crippen LogP contribution in [0.25, 0.3) is 10.6 Å². The zero-order chi connectivity index (χ0) is 13.3. The molecule has 0 aliphatic rings. The van der Waals surface area contributed by atoms with Crippen LogP contribution in [0, 0.1) is 12.7 Å². The average Bonchev–Trinajstić information content (AvgIpc) is 2.74. The Hall–Kier alpha value is -1.46. The summed E-state index contributed by atoms with van der Waals surface area (Å²) in [7, 11) is 1.28. The SMILES string of the molecule is COC(=O)c1sc(-c2ccc(F)c(C)c2)nc1Cl. The lowest BCUT2D eigenvalue weighted by Gasteiger charge is -1.99. The van der Waals surface area contributed by atoms with E-state index in [1.807, 2.05) is 0 Å².